The van der Waals surface area contributed by atoms with Gasteiger partial charge in [-0.05, 0) is 50.1 Å². The van der Waals surface area contributed by atoms with E-state index in [1.54, 1.807) is 30.0 Å². The lowest BCUT2D eigenvalue weighted by atomic mass is 10.1. The topological polar surface area (TPSA) is 118 Å². The summed E-state index contributed by atoms with van der Waals surface area (Å²) in [5.41, 5.74) is 8.54. The molecule has 0 spiro atoms. The number of nitrogens with two attached hydrogens (primary N) is 1. The zero-order valence-corrected chi connectivity index (χ0v) is 18.0. The van der Waals surface area contributed by atoms with Crippen LogP contribution in [0.15, 0.2) is 51.9 Å². The van der Waals surface area contributed by atoms with Crippen molar-refractivity contribution in [3.05, 3.63) is 58.7 Å². The maximum Gasteiger partial charge on any atom is 0.330 e. The van der Waals surface area contributed by atoms with Crippen molar-refractivity contribution in [3.63, 3.8) is 0 Å². The molecule has 32 heavy (non-hydrogen) atoms. The first-order valence-corrected chi connectivity index (χ1v) is 10.3. The van der Waals surface area contributed by atoms with E-state index in [0.29, 0.717) is 41.4 Å². The van der Waals surface area contributed by atoms with Crippen LogP contribution in [0, 0.1) is 0 Å². The maximum atomic E-state index is 13.0. The molecule has 5 rings (SSSR count). The molecule has 0 fully saturated rings. The maximum absolute atomic E-state index is 13.0. The lowest BCUT2D eigenvalue weighted by Gasteiger charge is -2.10. The molecule has 0 aliphatic carbocycles. The monoisotopic (exact) mass is 433 g/mol. The molecule has 4 aromatic heterocycles. The summed E-state index contributed by atoms with van der Waals surface area (Å²) in [5.74, 6) is 1.85. The van der Waals surface area contributed by atoms with E-state index in [2.05, 4.69) is 15.1 Å². The molecule has 4 heterocycles. The van der Waals surface area contributed by atoms with Gasteiger partial charge in [0.05, 0.1) is 12.4 Å². The van der Waals surface area contributed by atoms with E-state index < -0.39 is 0 Å². The summed E-state index contributed by atoms with van der Waals surface area (Å²) in [4.78, 5) is 22.1. The van der Waals surface area contributed by atoms with Crippen LogP contribution in [0.3, 0.4) is 0 Å². The van der Waals surface area contributed by atoms with Gasteiger partial charge in [-0.15, -0.1) is 5.10 Å². The van der Waals surface area contributed by atoms with Gasteiger partial charge in [0.25, 0.3) is 0 Å². The van der Waals surface area contributed by atoms with E-state index in [1.807, 2.05) is 38.1 Å². The van der Waals surface area contributed by atoms with Crippen molar-refractivity contribution >= 4 is 22.8 Å². The fourth-order valence-electron chi connectivity index (χ4n) is 3.75. The Balaban J connectivity index is 1.52. The third-order valence-electron chi connectivity index (χ3n) is 5.24. The SMILES string of the molecule is CC(C)Oc1ccc(CCn2c(=O)n(C)c3c2nc(N)n2nc(-c4ccco4)nc32)cc1. The number of rotatable bonds is 6. The lowest BCUT2D eigenvalue weighted by molar-refractivity contribution is 0.242. The number of aryl methyl sites for hydroxylation is 3. The summed E-state index contributed by atoms with van der Waals surface area (Å²) in [6, 6.07) is 11.4. The minimum absolute atomic E-state index is 0.119. The number of hydrogen-bond acceptors (Lipinski definition) is 7. The number of benzene rings is 1. The molecule has 0 amide bonds. The van der Waals surface area contributed by atoms with Crippen LogP contribution < -0.4 is 16.2 Å². The molecule has 0 bridgehead atoms. The first kappa shape index (κ1) is 19.9. The van der Waals surface area contributed by atoms with Crippen molar-refractivity contribution in [2.75, 3.05) is 5.73 Å². The zero-order valence-electron chi connectivity index (χ0n) is 18.0. The zero-order chi connectivity index (χ0) is 22.4. The molecule has 0 aliphatic rings. The van der Waals surface area contributed by atoms with E-state index >= 15 is 0 Å². The van der Waals surface area contributed by atoms with E-state index in [0.717, 1.165) is 11.3 Å². The minimum atomic E-state index is -0.192. The molecule has 2 N–H and O–H groups in total. The van der Waals surface area contributed by atoms with E-state index in [-0.39, 0.29) is 17.7 Å². The van der Waals surface area contributed by atoms with Gasteiger partial charge in [-0.3, -0.25) is 9.13 Å². The smallest absolute Gasteiger partial charge is 0.330 e. The van der Waals surface area contributed by atoms with E-state index in [9.17, 15) is 4.79 Å². The number of fused-ring (bicyclic) bond motifs is 3. The van der Waals surface area contributed by atoms with Gasteiger partial charge in [-0.1, -0.05) is 12.1 Å². The van der Waals surface area contributed by atoms with Crippen molar-refractivity contribution in [3.8, 4) is 17.3 Å². The Morgan fingerprint density at radius 3 is 2.59 bits per heavy atom. The van der Waals surface area contributed by atoms with Crippen LogP contribution in [-0.4, -0.2) is 34.8 Å². The molecular formula is C22H23N7O3. The van der Waals surface area contributed by atoms with Crippen LogP contribution >= 0.6 is 0 Å². The predicted molar refractivity (Wildman–Crippen MR) is 120 cm³/mol. The number of imidazole rings is 1. The van der Waals surface area contributed by atoms with Gasteiger partial charge in [0, 0.05) is 13.6 Å². The Morgan fingerprint density at radius 1 is 1.12 bits per heavy atom. The quantitative estimate of drug-likeness (QED) is 0.437. The van der Waals surface area contributed by atoms with Crippen LogP contribution in [0.2, 0.25) is 0 Å². The van der Waals surface area contributed by atoms with Gasteiger partial charge in [-0.2, -0.15) is 9.50 Å². The van der Waals surface area contributed by atoms with Gasteiger partial charge in [0.15, 0.2) is 17.1 Å². The van der Waals surface area contributed by atoms with Gasteiger partial charge in [0.1, 0.15) is 11.3 Å². The van der Waals surface area contributed by atoms with Crippen LogP contribution in [-0.2, 0) is 20.0 Å². The molecule has 0 aliphatic heterocycles. The summed E-state index contributed by atoms with van der Waals surface area (Å²) in [7, 11) is 1.69. The first-order chi connectivity index (χ1) is 15.4. The molecule has 1 aromatic carbocycles. The fraction of sp³-hybridized carbons (Fsp3) is 0.273. The highest BCUT2D eigenvalue weighted by molar-refractivity contribution is 5.88. The third kappa shape index (κ3) is 3.29. The van der Waals surface area contributed by atoms with E-state index in [1.165, 1.54) is 9.08 Å². The molecule has 0 saturated heterocycles. The summed E-state index contributed by atoms with van der Waals surface area (Å²) in [6.45, 7) is 4.43. The number of hydrogen-bond donors (Lipinski definition) is 1. The van der Waals surface area contributed by atoms with Crippen molar-refractivity contribution < 1.29 is 9.15 Å². The number of nitrogens with zero attached hydrogens (tertiary/aromatic N) is 6. The summed E-state index contributed by atoms with van der Waals surface area (Å²) in [6.07, 6.45) is 2.32. The Hall–Kier alpha value is -4.08. The largest absolute Gasteiger partial charge is 0.491 e. The number of ether oxygens (including phenoxy) is 1. The second-order valence-corrected chi connectivity index (χ2v) is 7.84. The first-order valence-electron chi connectivity index (χ1n) is 10.3. The second kappa shape index (κ2) is 7.56. The number of aromatic nitrogens is 6. The molecule has 10 nitrogen and oxygen atoms in total. The Kier molecular flexibility index (Phi) is 4.69. The molecule has 5 aromatic rings. The number of furan rings is 1. The van der Waals surface area contributed by atoms with Gasteiger partial charge in [0.2, 0.25) is 11.8 Å². The van der Waals surface area contributed by atoms with Crippen LogP contribution in [0.4, 0.5) is 5.95 Å². The third-order valence-corrected chi connectivity index (χ3v) is 5.24. The summed E-state index contributed by atoms with van der Waals surface area (Å²) >= 11 is 0. The van der Waals surface area contributed by atoms with Crippen molar-refractivity contribution in [2.45, 2.75) is 32.9 Å². The van der Waals surface area contributed by atoms with E-state index in [4.69, 9.17) is 14.9 Å². The summed E-state index contributed by atoms with van der Waals surface area (Å²) < 4.78 is 15.7. The highest BCUT2D eigenvalue weighted by atomic mass is 16.5. The van der Waals surface area contributed by atoms with Gasteiger partial charge in [-0.25, -0.2) is 9.78 Å². The molecule has 164 valence electrons. The highest BCUT2D eigenvalue weighted by Crippen LogP contribution is 2.23. The minimum Gasteiger partial charge on any atom is -0.491 e. The highest BCUT2D eigenvalue weighted by Gasteiger charge is 2.21. The molecule has 0 atom stereocenters. The average molecular weight is 433 g/mol. The van der Waals surface area contributed by atoms with Crippen molar-refractivity contribution in [1.29, 1.82) is 0 Å². The molecule has 0 unspecified atom stereocenters. The lowest BCUT2D eigenvalue weighted by Crippen LogP contribution is -2.23. The van der Waals surface area contributed by atoms with Gasteiger partial charge < -0.3 is 14.9 Å². The normalized spacial score (nSPS) is 11.8. The van der Waals surface area contributed by atoms with Crippen molar-refractivity contribution in [2.24, 2.45) is 7.05 Å². The molecular weight excluding hydrogens is 410 g/mol. The standard InChI is InChI=1S/C22H23N7O3/c1-13(2)32-15-8-6-14(7-9-15)10-11-28-19-17(27(3)22(28)30)20-24-18(16-5-4-12-31-16)26-29(20)21(23)25-19/h4-9,12-13H,10-11H2,1-3H3,(H2,23,25). The molecule has 0 saturated carbocycles. The molecule has 10 heteroatoms. The molecule has 0 radical (unpaired) electrons. The predicted octanol–water partition coefficient (Wildman–Crippen LogP) is 2.65. The summed E-state index contributed by atoms with van der Waals surface area (Å²) in [5, 5.41) is 4.39. The fourth-order valence-corrected chi connectivity index (χ4v) is 3.75. The number of nitrogen functional groups attached to an aromatic ring is 1. The van der Waals surface area contributed by atoms with Crippen LogP contribution in [0.5, 0.6) is 5.75 Å². The Bertz CT molecular complexity index is 1460. The van der Waals surface area contributed by atoms with Crippen molar-refractivity contribution in [1.82, 2.24) is 28.7 Å². The Labute approximate surface area is 182 Å². The number of anilines is 1. The van der Waals surface area contributed by atoms with Crippen LogP contribution in [0.25, 0.3) is 28.4 Å². The van der Waals surface area contributed by atoms with Gasteiger partial charge >= 0.3 is 5.69 Å². The average Bonchev–Trinajstić information content (AvgIpc) is 3.48. The second-order valence-electron chi connectivity index (χ2n) is 7.84. The van der Waals surface area contributed by atoms with Crippen LogP contribution in [0.1, 0.15) is 19.4 Å². The Morgan fingerprint density at radius 2 is 1.91 bits per heavy atom.